The predicted octanol–water partition coefficient (Wildman–Crippen LogP) is 4.30. The first-order chi connectivity index (χ1) is 9.40. The molecule has 0 bridgehead atoms. The molecule has 1 fully saturated rings. The molecule has 0 aliphatic carbocycles. The van der Waals surface area contributed by atoms with Crippen molar-refractivity contribution in [1.29, 1.82) is 0 Å². The van der Waals surface area contributed by atoms with Crippen molar-refractivity contribution in [3.8, 4) is 0 Å². The Kier molecular flexibility index (Phi) is 4.50. The molecule has 110 valence electrons. The molecule has 2 rings (SSSR count). The van der Waals surface area contributed by atoms with Gasteiger partial charge in [-0.1, -0.05) is 30.3 Å². The zero-order valence-electron chi connectivity index (χ0n) is 12.3. The van der Waals surface area contributed by atoms with E-state index in [9.17, 15) is 4.57 Å². The second-order valence-corrected chi connectivity index (χ2v) is 7.36. The van der Waals surface area contributed by atoms with Crippen LogP contribution in [0.3, 0.4) is 0 Å². The Bertz CT molecular complexity index is 528. The number of rotatable bonds is 4. The summed E-state index contributed by atoms with van der Waals surface area (Å²) in [6.07, 6.45) is 0.660. The molecule has 1 aliphatic rings. The lowest BCUT2D eigenvalue weighted by Crippen LogP contribution is -2.20. The van der Waals surface area contributed by atoms with Gasteiger partial charge in [-0.3, -0.25) is 4.57 Å². The first kappa shape index (κ1) is 15.5. The fraction of sp³-hybridized carbons (Fsp3) is 0.467. The molecular formula is C15H21O4P. The summed E-state index contributed by atoms with van der Waals surface area (Å²) < 4.78 is 28.3. The first-order valence-corrected chi connectivity index (χ1v) is 8.17. The largest absolute Gasteiger partial charge is 0.363 e. The monoisotopic (exact) mass is 296 g/mol. The number of benzene rings is 1. The van der Waals surface area contributed by atoms with Crippen molar-refractivity contribution in [1.82, 2.24) is 0 Å². The van der Waals surface area contributed by atoms with Gasteiger partial charge in [0, 0.05) is 26.5 Å². The first-order valence-electron chi connectivity index (χ1n) is 6.56. The van der Waals surface area contributed by atoms with Gasteiger partial charge in [0.15, 0.2) is 0 Å². The van der Waals surface area contributed by atoms with Crippen LogP contribution in [0, 0.1) is 0 Å². The summed E-state index contributed by atoms with van der Waals surface area (Å²) in [5.41, 5.74) is 1.58. The van der Waals surface area contributed by atoms with E-state index < -0.39 is 13.2 Å². The summed E-state index contributed by atoms with van der Waals surface area (Å²) in [5.74, 6) is 1.59. The summed E-state index contributed by atoms with van der Waals surface area (Å²) in [7, 11) is -0.395. The Balaban J connectivity index is 2.28. The predicted molar refractivity (Wildman–Crippen MR) is 78.7 cm³/mol. The Hall–Kier alpha value is -0.930. The molecule has 1 heterocycles. The van der Waals surface area contributed by atoms with Gasteiger partial charge in [-0.15, -0.1) is 0 Å². The molecule has 1 aromatic carbocycles. The van der Waals surface area contributed by atoms with Crippen LogP contribution in [0.15, 0.2) is 41.7 Å². The smallest absolute Gasteiger partial charge is 0.353 e. The highest BCUT2D eigenvalue weighted by Crippen LogP contribution is 2.53. The highest BCUT2D eigenvalue weighted by atomic mass is 31.2. The lowest BCUT2D eigenvalue weighted by atomic mass is 9.97. The van der Waals surface area contributed by atoms with Crippen LogP contribution in [0.5, 0.6) is 0 Å². The highest BCUT2D eigenvalue weighted by Gasteiger charge is 2.39. The molecule has 20 heavy (non-hydrogen) atoms. The van der Waals surface area contributed by atoms with Gasteiger partial charge in [-0.25, -0.2) is 0 Å². The molecule has 0 radical (unpaired) electrons. The number of hydrogen-bond acceptors (Lipinski definition) is 4. The summed E-state index contributed by atoms with van der Waals surface area (Å²) in [5, 5.41) is 0. The van der Waals surface area contributed by atoms with Crippen LogP contribution in [0.4, 0.5) is 0 Å². The zero-order chi connectivity index (χ0) is 14.8. The average molecular weight is 296 g/mol. The minimum atomic E-state index is -3.17. The van der Waals surface area contributed by atoms with Crippen LogP contribution >= 0.6 is 7.60 Å². The topological polar surface area (TPSA) is 44.8 Å². The van der Waals surface area contributed by atoms with E-state index >= 15 is 0 Å². The van der Waals surface area contributed by atoms with E-state index in [4.69, 9.17) is 13.8 Å². The normalized spacial score (nSPS) is 24.2. The molecule has 0 aromatic heterocycles. The Morgan fingerprint density at radius 2 is 1.85 bits per heavy atom. The van der Waals surface area contributed by atoms with E-state index in [0.29, 0.717) is 6.42 Å². The lowest BCUT2D eigenvalue weighted by molar-refractivity contribution is -0.00437. The molecule has 5 heteroatoms. The Morgan fingerprint density at radius 3 is 2.40 bits per heavy atom. The minimum absolute atomic E-state index is 0.0281. The van der Waals surface area contributed by atoms with Gasteiger partial charge in [-0.05, 0) is 25.0 Å². The van der Waals surface area contributed by atoms with Crippen molar-refractivity contribution in [2.24, 2.45) is 0 Å². The van der Waals surface area contributed by atoms with Crippen LogP contribution in [-0.2, 0) is 18.3 Å². The van der Waals surface area contributed by atoms with Gasteiger partial charge in [-0.2, -0.15) is 0 Å². The van der Waals surface area contributed by atoms with Crippen molar-refractivity contribution < 1.29 is 18.3 Å². The second kappa shape index (κ2) is 5.82. The van der Waals surface area contributed by atoms with E-state index in [-0.39, 0.29) is 6.10 Å². The van der Waals surface area contributed by atoms with E-state index in [1.54, 1.807) is 5.82 Å². The van der Waals surface area contributed by atoms with Crippen molar-refractivity contribution in [2.45, 2.75) is 32.0 Å². The quantitative estimate of drug-likeness (QED) is 0.777. The van der Waals surface area contributed by atoms with Crippen molar-refractivity contribution >= 4 is 7.60 Å². The molecule has 4 nitrogen and oxygen atoms in total. The molecule has 1 unspecified atom stereocenters. The lowest BCUT2D eigenvalue weighted by Gasteiger charge is -2.21. The summed E-state index contributed by atoms with van der Waals surface area (Å²) in [4.78, 5) is 0. The maximum Gasteiger partial charge on any atom is 0.353 e. The number of ether oxygens (including phenoxy) is 1. The minimum Gasteiger partial charge on any atom is -0.363 e. The molecule has 0 saturated carbocycles. The molecule has 1 aromatic rings. The zero-order valence-corrected chi connectivity index (χ0v) is 13.2. The fourth-order valence-corrected chi connectivity index (χ4v) is 3.51. The third-order valence-corrected chi connectivity index (χ3v) is 5.26. The summed E-state index contributed by atoms with van der Waals surface area (Å²) >= 11 is 0. The molecule has 1 saturated heterocycles. The van der Waals surface area contributed by atoms with Crippen LogP contribution in [-0.4, -0.2) is 19.8 Å². The van der Waals surface area contributed by atoms with E-state index in [1.807, 2.05) is 44.2 Å². The van der Waals surface area contributed by atoms with Crippen molar-refractivity contribution in [3.63, 3.8) is 0 Å². The molecule has 1 aliphatic heterocycles. The molecule has 0 N–H and O–H groups in total. The molecule has 0 spiro atoms. The fourth-order valence-electron chi connectivity index (χ4n) is 2.35. The second-order valence-electron chi connectivity index (χ2n) is 5.29. The third-order valence-electron chi connectivity index (χ3n) is 3.61. The van der Waals surface area contributed by atoms with Crippen LogP contribution < -0.4 is 0 Å². The van der Waals surface area contributed by atoms with Gasteiger partial charge in [0.2, 0.25) is 0 Å². The molecule has 1 atom stereocenters. The highest BCUT2D eigenvalue weighted by molar-refractivity contribution is 7.57. The maximum atomic E-state index is 12.3. The SMILES string of the molecule is COP(=O)(/C=C1/CC(c2ccccc2)OC1(C)C)OC. The van der Waals surface area contributed by atoms with Gasteiger partial charge < -0.3 is 13.8 Å². The Morgan fingerprint density at radius 1 is 1.25 bits per heavy atom. The maximum absolute atomic E-state index is 12.3. The van der Waals surface area contributed by atoms with Crippen LogP contribution in [0.1, 0.15) is 31.9 Å². The van der Waals surface area contributed by atoms with Crippen molar-refractivity contribution in [3.05, 3.63) is 47.3 Å². The van der Waals surface area contributed by atoms with E-state index in [2.05, 4.69) is 0 Å². The van der Waals surface area contributed by atoms with Gasteiger partial charge in [0.1, 0.15) is 0 Å². The molecular weight excluding hydrogens is 275 g/mol. The van der Waals surface area contributed by atoms with E-state index in [0.717, 1.165) is 11.1 Å². The van der Waals surface area contributed by atoms with Gasteiger partial charge in [0.25, 0.3) is 0 Å². The van der Waals surface area contributed by atoms with Crippen LogP contribution in [0.25, 0.3) is 0 Å². The summed E-state index contributed by atoms with van der Waals surface area (Å²) in [6.45, 7) is 3.94. The van der Waals surface area contributed by atoms with Crippen molar-refractivity contribution in [2.75, 3.05) is 14.2 Å². The Labute approximate surface area is 120 Å². The average Bonchev–Trinajstić information content (AvgIpc) is 2.75. The number of hydrogen-bond donors (Lipinski definition) is 0. The summed E-state index contributed by atoms with van der Waals surface area (Å²) in [6, 6.07) is 10.0. The molecule has 0 amide bonds. The standard InChI is InChI=1S/C15H21O4P/c1-15(2)13(11-20(16,17-3)18-4)10-14(19-15)12-8-6-5-7-9-12/h5-9,11,14H,10H2,1-4H3/b13-11-. The van der Waals surface area contributed by atoms with Crippen LogP contribution in [0.2, 0.25) is 0 Å². The van der Waals surface area contributed by atoms with Gasteiger partial charge >= 0.3 is 7.60 Å². The van der Waals surface area contributed by atoms with E-state index in [1.165, 1.54) is 14.2 Å². The third kappa shape index (κ3) is 3.21. The van der Waals surface area contributed by atoms with Gasteiger partial charge in [0.05, 0.1) is 11.7 Å².